The molecule has 9 heavy (non-hydrogen) atoms. The van der Waals surface area contributed by atoms with Crippen LogP contribution in [-0.2, 0) is 0 Å². The van der Waals surface area contributed by atoms with Crippen LogP contribution in [0, 0.1) is 0 Å². The van der Waals surface area contributed by atoms with Crippen molar-refractivity contribution in [2.24, 2.45) is 0 Å². The van der Waals surface area contributed by atoms with Crippen LogP contribution in [0.3, 0.4) is 0 Å². The van der Waals surface area contributed by atoms with E-state index in [1.807, 2.05) is 0 Å². The minimum Gasteiger partial charge on any atom is -0.143 e. The van der Waals surface area contributed by atoms with Gasteiger partial charge in [-0.3, -0.25) is 0 Å². The molecule has 0 atom stereocenters. The normalized spacial score (nSPS) is 23.2. The Morgan fingerprint density at radius 1 is 1.33 bits per heavy atom. The fourth-order valence-corrected chi connectivity index (χ4v) is 3.54. The van der Waals surface area contributed by atoms with E-state index < -0.39 is 0 Å². The van der Waals surface area contributed by atoms with Crippen LogP contribution in [0.5, 0.6) is 0 Å². The van der Waals surface area contributed by atoms with Crippen LogP contribution < -0.4 is 0 Å². The molecule has 0 radical (unpaired) electrons. The summed E-state index contributed by atoms with van der Waals surface area (Å²) in [6.45, 7) is 2.09. The number of hydrogen-bond donors (Lipinski definition) is 0. The summed E-state index contributed by atoms with van der Waals surface area (Å²) in [5, 5.41) is 0. The molecule has 0 spiro atoms. The topological polar surface area (TPSA) is 0 Å². The first-order chi connectivity index (χ1) is 4.43. The molecule has 0 bridgehead atoms. The molecule has 0 N–H and O–H groups in total. The molecule has 0 aromatic heterocycles. The first kappa shape index (κ1) is 7.55. The maximum atomic E-state index is 2.29. The van der Waals surface area contributed by atoms with Gasteiger partial charge in [-0.2, -0.15) is 0 Å². The van der Waals surface area contributed by atoms with Gasteiger partial charge in [0, 0.05) is 0 Å². The fraction of sp³-hybridized carbons (Fsp3) is 0.714. The van der Waals surface area contributed by atoms with Gasteiger partial charge in [0.1, 0.15) is 0 Å². The van der Waals surface area contributed by atoms with E-state index in [9.17, 15) is 0 Å². The van der Waals surface area contributed by atoms with E-state index in [4.69, 9.17) is 0 Å². The Hall–Kier alpha value is 0.440. The highest BCUT2D eigenvalue weighted by molar-refractivity contribution is 8.17. The fourth-order valence-electron chi connectivity index (χ4n) is 0.774. The summed E-state index contributed by atoms with van der Waals surface area (Å²) >= 11 is 4.13. The van der Waals surface area contributed by atoms with Gasteiger partial charge in [-0.1, -0.05) is 12.2 Å². The second-order valence-electron chi connectivity index (χ2n) is 1.99. The highest BCUT2D eigenvalue weighted by Crippen LogP contribution is 2.30. The Morgan fingerprint density at radius 3 is 2.56 bits per heavy atom. The van der Waals surface area contributed by atoms with Gasteiger partial charge in [-0.15, -0.1) is 23.5 Å². The minimum absolute atomic E-state index is 0.753. The smallest absolute Gasteiger partial charge is 0.0682 e. The van der Waals surface area contributed by atoms with Gasteiger partial charge >= 0.3 is 0 Å². The summed E-state index contributed by atoms with van der Waals surface area (Å²) in [6.07, 6.45) is 5.83. The molecule has 1 saturated heterocycles. The van der Waals surface area contributed by atoms with E-state index in [1.54, 1.807) is 0 Å². The molecule has 1 rings (SSSR count). The monoisotopic (exact) mass is 160 g/mol. The second kappa shape index (κ2) is 4.29. The molecule has 0 aliphatic carbocycles. The molecule has 0 aromatic rings. The zero-order chi connectivity index (χ0) is 6.53. The van der Waals surface area contributed by atoms with E-state index >= 15 is 0 Å². The Balaban J connectivity index is 2.23. The molecule has 0 nitrogen and oxygen atoms in total. The summed E-state index contributed by atoms with van der Waals surface area (Å²) in [4.78, 5) is 0. The van der Waals surface area contributed by atoms with Crippen LogP contribution in [0.15, 0.2) is 12.2 Å². The lowest BCUT2D eigenvalue weighted by Crippen LogP contribution is -2.02. The lowest BCUT2D eigenvalue weighted by Gasteiger charge is -2.16. The van der Waals surface area contributed by atoms with E-state index in [0.717, 1.165) is 4.58 Å². The molecule has 2 heteroatoms. The SMILES string of the molecule is CC=CC1SCCCS1. The van der Waals surface area contributed by atoms with Gasteiger partial charge in [0.2, 0.25) is 0 Å². The summed E-state index contributed by atoms with van der Waals surface area (Å²) < 4.78 is 0.753. The lowest BCUT2D eigenvalue weighted by atomic mass is 10.6. The Bertz CT molecular complexity index is 93.1. The van der Waals surface area contributed by atoms with E-state index in [2.05, 4.69) is 42.6 Å². The van der Waals surface area contributed by atoms with Crippen LogP contribution in [0.4, 0.5) is 0 Å². The third kappa shape index (κ3) is 2.67. The van der Waals surface area contributed by atoms with Crippen molar-refractivity contribution in [3.8, 4) is 0 Å². The zero-order valence-electron chi connectivity index (χ0n) is 5.67. The number of thioether (sulfide) groups is 2. The number of rotatable bonds is 1. The average molecular weight is 160 g/mol. The minimum atomic E-state index is 0.753. The third-order valence-corrected chi connectivity index (χ3v) is 4.04. The van der Waals surface area contributed by atoms with Crippen molar-refractivity contribution in [1.29, 1.82) is 0 Å². The highest BCUT2D eigenvalue weighted by Gasteiger charge is 2.09. The van der Waals surface area contributed by atoms with Crippen molar-refractivity contribution < 1.29 is 0 Å². The van der Waals surface area contributed by atoms with Crippen molar-refractivity contribution in [3.05, 3.63) is 12.2 Å². The Morgan fingerprint density at radius 2 is 2.00 bits per heavy atom. The number of hydrogen-bond acceptors (Lipinski definition) is 2. The van der Waals surface area contributed by atoms with E-state index in [1.165, 1.54) is 17.9 Å². The molecule has 1 aliphatic rings. The molecule has 1 heterocycles. The number of allylic oxidation sites excluding steroid dienone is 1. The zero-order valence-corrected chi connectivity index (χ0v) is 7.30. The summed E-state index contributed by atoms with van der Waals surface area (Å²) in [7, 11) is 0. The molecular weight excluding hydrogens is 148 g/mol. The summed E-state index contributed by atoms with van der Waals surface area (Å²) in [5.41, 5.74) is 0. The van der Waals surface area contributed by atoms with Gasteiger partial charge < -0.3 is 0 Å². The Labute approximate surface area is 65.5 Å². The second-order valence-corrected chi connectivity index (χ2v) is 4.79. The van der Waals surface area contributed by atoms with Gasteiger partial charge in [-0.25, -0.2) is 0 Å². The Kier molecular flexibility index (Phi) is 3.59. The predicted molar refractivity (Wildman–Crippen MR) is 48.1 cm³/mol. The van der Waals surface area contributed by atoms with Crippen LogP contribution in [0.2, 0.25) is 0 Å². The molecule has 0 unspecified atom stereocenters. The standard InChI is InChI=1S/C7H12S2/c1-2-4-7-8-5-3-6-9-7/h2,4,7H,3,5-6H2,1H3. The van der Waals surface area contributed by atoms with Crippen molar-refractivity contribution in [3.63, 3.8) is 0 Å². The maximum Gasteiger partial charge on any atom is 0.0682 e. The summed E-state index contributed by atoms with van der Waals surface area (Å²) in [6, 6.07) is 0. The van der Waals surface area contributed by atoms with Gasteiger partial charge in [0.15, 0.2) is 0 Å². The van der Waals surface area contributed by atoms with Crippen LogP contribution in [0.25, 0.3) is 0 Å². The van der Waals surface area contributed by atoms with Crippen molar-refractivity contribution in [1.82, 2.24) is 0 Å². The van der Waals surface area contributed by atoms with Gasteiger partial charge in [0.05, 0.1) is 4.58 Å². The predicted octanol–water partition coefficient (Wildman–Crippen LogP) is 2.76. The van der Waals surface area contributed by atoms with E-state index in [0.29, 0.717) is 0 Å². The maximum absolute atomic E-state index is 2.29. The molecule has 52 valence electrons. The molecule has 0 aromatic carbocycles. The highest BCUT2D eigenvalue weighted by atomic mass is 32.2. The molecule has 1 aliphatic heterocycles. The largest absolute Gasteiger partial charge is 0.143 e. The lowest BCUT2D eigenvalue weighted by molar-refractivity contribution is 1.11. The average Bonchev–Trinajstić information content (AvgIpc) is 1.91. The van der Waals surface area contributed by atoms with Crippen molar-refractivity contribution >= 4 is 23.5 Å². The van der Waals surface area contributed by atoms with Crippen LogP contribution in [0.1, 0.15) is 13.3 Å². The van der Waals surface area contributed by atoms with E-state index in [-0.39, 0.29) is 0 Å². The summed E-state index contributed by atoms with van der Waals surface area (Å²) in [5.74, 6) is 2.70. The first-order valence-electron chi connectivity index (χ1n) is 3.29. The van der Waals surface area contributed by atoms with Crippen LogP contribution in [-0.4, -0.2) is 16.1 Å². The van der Waals surface area contributed by atoms with Gasteiger partial charge in [-0.05, 0) is 24.9 Å². The third-order valence-electron chi connectivity index (χ3n) is 1.20. The van der Waals surface area contributed by atoms with Gasteiger partial charge in [0.25, 0.3) is 0 Å². The molecule has 0 amide bonds. The van der Waals surface area contributed by atoms with Crippen LogP contribution >= 0.6 is 23.5 Å². The van der Waals surface area contributed by atoms with Crippen molar-refractivity contribution in [2.75, 3.05) is 11.5 Å². The molecule has 1 fully saturated rings. The first-order valence-corrected chi connectivity index (χ1v) is 5.39. The quantitative estimate of drug-likeness (QED) is 0.541. The molecular formula is C7H12S2. The van der Waals surface area contributed by atoms with Crippen molar-refractivity contribution in [2.45, 2.75) is 17.9 Å². The molecule has 0 saturated carbocycles.